The summed E-state index contributed by atoms with van der Waals surface area (Å²) in [6.45, 7) is 2.71. The minimum atomic E-state index is -0.614. The fraction of sp³-hybridized carbons (Fsp3) is 0.462. The van der Waals surface area contributed by atoms with Crippen LogP contribution in [0.2, 0.25) is 5.02 Å². The van der Waals surface area contributed by atoms with E-state index in [1.54, 1.807) is 19.1 Å². The lowest BCUT2D eigenvalue weighted by Crippen LogP contribution is -2.34. The van der Waals surface area contributed by atoms with Crippen LogP contribution in [0.25, 0.3) is 0 Å². The van der Waals surface area contributed by atoms with Crippen molar-refractivity contribution in [2.75, 3.05) is 18.5 Å². The molecule has 1 aliphatic heterocycles. The molecule has 0 bridgehead atoms. The topological polar surface area (TPSA) is 72.5 Å². The standard InChI is InChI=1S/C13H16ClN3O3S/c1-2-19-13(18)17-12(21)16-11-7-8(14)6-9(15-11)10-4-3-5-20-10/h6-7,10H,2-5H2,1H3,(H2,15,16,17,18,21). The highest BCUT2D eigenvalue weighted by atomic mass is 35.5. The Morgan fingerprint density at radius 2 is 2.43 bits per heavy atom. The van der Waals surface area contributed by atoms with Crippen LogP contribution in [0.15, 0.2) is 12.1 Å². The van der Waals surface area contributed by atoms with Gasteiger partial charge in [0.15, 0.2) is 5.11 Å². The van der Waals surface area contributed by atoms with Gasteiger partial charge in [-0.2, -0.15) is 0 Å². The first-order valence-electron chi connectivity index (χ1n) is 6.62. The molecule has 1 fully saturated rings. The summed E-state index contributed by atoms with van der Waals surface area (Å²) >= 11 is 11.1. The number of nitrogens with one attached hydrogen (secondary N) is 2. The average molecular weight is 330 g/mol. The van der Waals surface area contributed by atoms with Crippen LogP contribution >= 0.6 is 23.8 Å². The molecule has 2 heterocycles. The molecule has 0 aromatic carbocycles. The number of carbonyl (C=O) groups is 1. The van der Waals surface area contributed by atoms with Crippen molar-refractivity contribution in [2.24, 2.45) is 0 Å². The first-order chi connectivity index (χ1) is 10.1. The van der Waals surface area contributed by atoms with Crippen molar-refractivity contribution >= 4 is 40.8 Å². The van der Waals surface area contributed by atoms with Crippen molar-refractivity contribution in [1.29, 1.82) is 0 Å². The van der Waals surface area contributed by atoms with E-state index in [9.17, 15) is 4.79 Å². The Morgan fingerprint density at radius 3 is 3.10 bits per heavy atom. The molecule has 2 rings (SSSR count). The van der Waals surface area contributed by atoms with Gasteiger partial charge < -0.3 is 14.8 Å². The lowest BCUT2D eigenvalue weighted by Gasteiger charge is -2.13. The lowest BCUT2D eigenvalue weighted by atomic mass is 10.1. The Bertz CT molecular complexity index is 535. The maximum atomic E-state index is 11.3. The van der Waals surface area contributed by atoms with Gasteiger partial charge in [0.25, 0.3) is 0 Å². The molecule has 1 aromatic heterocycles. The van der Waals surface area contributed by atoms with Gasteiger partial charge >= 0.3 is 6.09 Å². The lowest BCUT2D eigenvalue weighted by molar-refractivity contribution is 0.109. The summed E-state index contributed by atoms with van der Waals surface area (Å²) in [6, 6.07) is 3.39. The van der Waals surface area contributed by atoms with Gasteiger partial charge in [0.2, 0.25) is 0 Å². The Kier molecular flexibility index (Phi) is 5.72. The number of alkyl carbamates (subject to hydrolysis) is 1. The number of pyridine rings is 1. The van der Waals surface area contributed by atoms with Crippen LogP contribution in [-0.4, -0.2) is 29.4 Å². The summed E-state index contributed by atoms with van der Waals surface area (Å²) in [4.78, 5) is 15.7. The number of rotatable bonds is 3. The molecule has 1 atom stereocenters. The number of halogens is 1. The summed E-state index contributed by atoms with van der Waals surface area (Å²) in [5, 5.41) is 5.81. The van der Waals surface area contributed by atoms with Gasteiger partial charge in [-0.15, -0.1) is 0 Å². The Hall–Kier alpha value is -1.44. The maximum absolute atomic E-state index is 11.3. The van der Waals surface area contributed by atoms with Gasteiger partial charge in [0.05, 0.1) is 18.4 Å². The first-order valence-corrected chi connectivity index (χ1v) is 7.41. The van der Waals surface area contributed by atoms with Crippen molar-refractivity contribution in [3.8, 4) is 0 Å². The van der Waals surface area contributed by atoms with E-state index in [2.05, 4.69) is 15.6 Å². The second-order valence-corrected chi connectivity index (χ2v) is 5.24. The molecule has 21 heavy (non-hydrogen) atoms. The van der Waals surface area contributed by atoms with Crippen LogP contribution in [-0.2, 0) is 9.47 Å². The van der Waals surface area contributed by atoms with Gasteiger partial charge in [-0.25, -0.2) is 9.78 Å². The van der Waals surface area contributed by atoms with Crippen LogP contribution in [0, 0.1) is 0 Å². The summed E-state index contributed by atoms with van der Waals surface area (Å²) in [5.41, 5.74) is 0.751. The zero-order valence-electron chi connectivity index (χ0n) is 11.5. The molecular weight excluding hydrogens is 314 g/mol. The maximum Gasteiger partial charge on any atom is 0.413 e. The summed E-state index contributed by atoms with van der Waals surface area (Å²) in [7, 11) is 0. The molecule has 6 nitrogen and oxygen atoms in total. The molecule has 1 unspecified atom stereocenters. The molecule has 8 heteroatoms. The molecule has 0 saturated carbocycles. The molecule has 1 aliphatic rings. The van der Waals surface area contributed by atoms with Crippen molar-refractivity contribution in [3.05, 3.63) is 22.8 Å². The number of nitrogens with zero attached hydrogens (tertiary/aromatic N) is 1. The smallest absolute Gasteiger partial charge is 0.413 e. The minimum absolute atomic E-state index is 0.0455. The number of hydrogen-bond donors (Lipinski definition) is 2. The van der Waals surface area contributed by atoms with Gasteiger partial charge in [0.1, 0.15) is 5.82 Å². The van der Waals surface area contributed by atoms with Crippen LogP contribution in [0.1, 0.15) is 31.6 Å². The molecule has 1 amide bonds. The largest absolute Gasteiger partial charge is 0.450 e. The summed E-state index contributed by atoms with van der Waals surface area (Å²) < 4.78 is 10.3. The number of aromatic nitrogens is 1. The van der Waals surface area contributed by atoms with Gasteiger partial charge in [-0.3, -0.25) is 5.32 Å². The van der Waals surface area contributed by atoms with Crippen molar-refractivity contribution in [1.82, 2.24) is 10.3 Å². The Labute approximate surface area is 133 Å². The first kappa shape index (κ1) is 15.9. The SMILES string of the molecule is CCOC(=O)NC(=S)Nc1cc(Cl)cc(C2CCCO2)n1. The van der Waals surface area contributed by atoms with E-state index in [0.29, 0.717) is 10.8 Å². The highest BCUT2D eigenvalue weighted by molar-refractivity contribution is 7.80. The zero-order chi connectivity index (χ0) is 15.2. The molecule has 0 spiro atoms. The monoisotopic (exact) mass is 329 g/mol. The van der Waals surface area contributed by atoms with Crippen molar-refractivity contribution < 1.29 is 14.3 Å². The predicted octanol–water partition coefficient (Wildman–Crippen LogP) is 3.03. The number of amides is 1. The number of carbonyl (C=O) groups excluding carboxylic acids is 1. The fourth-order valence-electron chi connectivity index (χ4n) is 1.96. The van der Waals surface area contributed by atoms with Crippen LogP contribution in [0.5, 0.6) is 0 Å². The highest BCUT2D eigenvalue weighted by Crippen LogP contribution is 2.29. The second-order valence-electron chi connectivity index (χ2n) is 4.40. The zero-order valence-corrected chi connectivity index (χ0v) is 13.1. The van der Waals surface area contributed by atoms with Crippen molar-refractivity contribution in [2.45, 2.75) is 25.9 Å². The van der Waals surface area contributed by atoms with E-state index >= 15 is 0 Å². The third-order valence-electron chi connectivity index (χ3n) is 2.80. The van der Waals surface area contributed by atoms with E-state index in [4.69, 9.17) is 33.3 Å². The van der Waals surface area contributed by atoms with Gasteiger partial charge in [-0.1, -0.05) is 11.6 Å². The number of hydrogen-bond acceptors (Lipinski definition) is 5. The molecule has 0 radical (unpaired) electrons. The highest BCUT2D eigenvalue weighted by Gasteiger charge is 2.20. The number of thiocarbonyl (C=S) groups is 1. The van der Waals surface area contributed by atoms with Crippen LogP contribution in [0.4, 0.5) is 10.6 Å². The average Bonchev–Trinajstić information content (AvgIpc) is 2.91. The third-order valence-corrected chi connectivity index (χ3v) is 3.22. The Morgan fingerprint density at radius 1 is 1.62 bits per heavy atom. The van der Waals surface area contributed by atoms with E-state index in [1.165, 1.54) is 0 Å². The van der Waals surface area contributed by atoms with Crippen LogP contribution in [0.3, 0.4) is 0 Å². The predicted molar refractivity (Wildman–Crippen MR) is 83.6 cm³/mol. The molecule has 1 saturated heterocycles. The van der Waals surface area contributed by atoms with Crippen molar-refractivity contribution in [3.63, 3.8) is 0 Å². The third kappa shape index (κ3) is 4.80. The fourth-order valence-corrected chi connectivity index (χ4v) is 2.37. The number of ether oxygens (including phenoxy) is 2. The molecule has 1 aromatic rings. The summed E-state index contributed by atoms with van der Waals surface area (Å²) in [5.74, 6) is 0.454. The summed E-state index contributed by atoms with van der Waals surface area (Å²) in [6.07, 6.45) is 1.26. The minimum Gasteiger partial charge on any atom is -0.450 e. The molecule has 114 valence electrons. The van der Waals surface area contributed by atoms with E-state index < -0.39 is 6.09 Å². The van der Waals surface area contributed by atoms with Gasteiger partial charge in [-0.05, 0) is 44.1 Å². The molecule has 0 aliphatic carbocycles. The molecule has 2 N–H and O–H groups in total. The van der Waals surface area contributed by atoms with E-state index in [0.717, 1.165) is 25.1 Å². The van der Waals surface area contributed by atoms with E-state index in [1.807, 2.05) is 0 Å². The van der Waals surface area contributed by atoms with E-state index in [-0.39, 0.29) is 17.8 Å². The number of anilines is 1. The van der Waals surface area contributed by atoms with Crippen LogP contribution < -0.4 is 10.6 Å². The van der Waals surface area contributed by atoms with Gasteiger partial charge in [0, 0.05) is 11.6 Å². The second kappa shape index (κ2) is 7.53. The molecular formula is C13H16ClN3O3S. The quantitative estimate of drug-likeness (QED) is 0.830. The Balaban J connectivity index is 2.02. The normalized spacial score (nSPS) is 17.3.